The third-order valence-corrected chi connectivity index (χ3v) is 3.92. The van der Waals surface area contributed by atoms with Crippen LogP contribution in [-0.2, 0) is 0 Å². The van der Waals surface area contributed by atoms with Crippen LogP contribution < -0.4 is 14.7 Å². The van der Waals surface area contributed by atoms with Crippen molar-refractivity contribution in [1.82, 2.24) is 4.98 Å². The van der Waals surface area contributed by atoms with Crippen LogP contribution >= 0.6 is 0 Å². The van der Waals surface area contributed by atoms with Crippen LogP contribution in [0.1, 0.15) is 13.8 Å². The molecule has 0 N–H and O–H groups in total. The van der Waals surface area contributed by atoms with Gasteiger partial charge >= 0.3 is 0 Å². The zero-order chi connectivity index (χ0) is 11.8. The number of likely N-dealkylation sites (N-methyl/N-ethyl adjacent to an activating group) is 2. The Bertz CT molecular complexity index is 384. The number of hydrogen-bond acceptors (Lipinski definition) is 4. The first kappa shape index (κ1) is 10.7. The maximum absolute atomic E-state index is 4.42. The van der Waals surface area contributed by atoms with E-state index in [0.29, 0.717) is 0 Å². The lowest BCUT2D eigenvalue weighted by atomic mass is 10.1. The minimum absolute atomic E-state index is 1.07. The molecule has 2 aliphatic heterocycles. The molecule has 0 unspecified atom stereocenters. The van der Waals surface area contributed by atoms with Gasteiger partial charge in [-0.05, 0) is 13.8 Å². The lowest BCUT2D eigenvalue weighted by molar-refractivity contribution is 0.663. The summed E-state index contributed by atoms with van der Waals surface area (Å²) in [5.41, 5.74) is 4.03. The van der Waals surface area contributed by atoms with Crippen molar-refractivity contribution >= 4 is 17.1 Å². The second-order valence-corrected chi connectivity index (χ2v) is 4.67. The number of anilines is 3. The lowest BCUT2D eigenvalue weighted by Gasteiger charge is -2.45. The second kappa shape index (κ2) is 4.09. The summed E-state index contributed by atoms with van der Waals surface area (Å²) in [4.78, 5) is 11.8. The Morgan fingerprint density at radius 3 is 1.94 bits per heavy atom. The Labute approximate surface area is 103 Å². The minimum Gasteiger partial charge on any atom is -0.367 e. The maximum atomic E-state index is 4.42. The Hall–Kier alpha value is -1.45. The van der Waals surface area contributed by atoms with E-state index >= 15 is 0 Å². The molecule has 0 saturated heterocycles. The van der Waals surface area contributed by atoms with Crippen molar-refractivity contribution < 1.29 is 0 Å². The van der Waals surface area contributed by atoms with Crippen LogP contribution in [-0.4, -0.2) is 44.3 Å². The smallest absolute Gasteiger partial charge is 0.0875 e. The van der Waals surface area contributed by atoms with Crippen LogP contribution in [0.4, 0.5) is 17.1 Å². The molecule has 2 aliphatic rings. The summed E-state index contributed by atoms with van der Waals surface area (Å²) in [5, 5.41) is 0. The molecular formula is C13H20N4. The lowest BCUT2D eigenvalue weighted by Crippen LogP contribution is -2.48. The molecule has 3 heterocycles. The monoisotopic (exact) mass is 232 g/mol. The SMILES string of the molecule is CCN1CCN2CCN(CC)c3cncc1c32. The average molecular weight is 232 g/mol. The topological polar surface area (TPSA) is 22.6 Å². The summed E-state index contributed by atoms with van der Waals surface area (Å²) in [7, 11) is 0. The first-order chi connectivity index (χ1) is 8.35. The predicted molar refractivity (Wildman–Crippen MR) is 72.2 cm³/mol. The third-order valence-electron chi connectivity index (χ3n) is 3.92. The van der Waals surface area contributed by atoms with E-state index in [4.69, 9.17) is 0 Å². The molecule has 4 nitrogen and oxygen atoms in total. The Kier molecular flexibility index (Phi) is 2.57. The van der Waals surface area contributed by atoms with E-state index in [9.17, 15) is 0 Å². The van der Waals surface area contributed by atoms with Crippen molar-refractivity contribution in [3.8, 4) is 0 Å². The first-order valence-electron chi connectivity index (χ1n) is 6.58. The molecular weight excluding hydrogens is 212 g/mol. The molecule has 0 aromatic carbocycles. The van der Waals surface area contributed by atoms with Crippen LogP contribution in [0.25, 0.3) is 0 Å². The number of rotatable bonds is 2. The van der Waals surface area contributed by atoms with Gasteiger partial charge in [-0.1, -0.05) is 0 Å². The Morgan fingerprint density at radius 1 is 0.941 bits per heavy atom. The van der Waals surface area contributed by atoms with Gasteiger partial charge in [0.1, 0.15) is 0 Å². The summed E-state index contributed by atoms with van der Waals surface area (Å²) in [5.74, 6) is 0. The number of pyridine rings is 1. The van der Waals surface area contributed by atoms with E-state index in [1.165, 1.54) is 17.1 Å². The van der Waals surface area contributed by atoms with E-state index in [0.717, 1.165) is 39.3 Å². The van der Waals surface area contributed by atoms with Crippen molar-refractivity contribution in [2.24, 2.45) is 0 Å². The van der Waals surface area contributed by atoms with Crippen molar-refractivity contribution in [2.45, 2.75) is 13.8 Å². The molecule has 0 amide bonds. The molecule has 4 heteroatoms. The highest BCUT2D eigenvalue weighted by molar-refractivity contribution is 5.86. The summed E-state index contributed by atoms with van der Waals surface area (Å²) in [6.45, 7) is 11.1. The van der Waals surface area contributed by atoms with Gasteiger partial charge in [0.2, 0.25) is 0 Å². The zero-order valence-electron chi connectivity index (χ0n) is 10.7. The number of hydrogen-bond donors (Lipinski definition) is 0. The maximum Gasteiger partial charge on any atom is 0.0875 e. The van der Waals surface area contributed by atoms with E-state index in [1.807, 2.05) is 12.4 Å². The highest BCUT2D eigenvalue weighted by Crippen LogP contribution is 2.42. The van der Waals surface area contributed by atoms with Gasteiger partial charge in [-0.25, -0.2) is 0 Å². The predicted octanol–water partition coefficient (Wildman–Crippen LogP) is 1.57. The highest BCUT2D eigenvalue weighted by Gasteiger charge is 2.29. The quantitative estimate of drug-likeness (QED) is 0.772. The molecule has 3 rings (SSSR count). The highest BCUT2D eigenvalue weighted by atomic mass is 15.3. The van der Waals surface area contributed by atoms with Gasteiger partial charge in [-0.2, -0.15) is 0 Å². The van der Waals surface area contributed by atoms with Gasteiger partial charge in [0.15, 0.2) is 0 Å². The third kappa shape index (κ3) is 1.54. The van der Waals surface area contributed by atoms with Crippen LogP contribution in [0.2, 0.25) is 0 Å². The normalized spacial score (nSPS) is 18.4. The standard InChI is InChI=1S/C13H20N4/c1-3-15-5-7-17-8-6-16(4-2)12-10-14-9-11(15)13(12)17/h9-10H,3-8H2,1-2H3. The van der Waals surface area contributed by atoms with Gasteiger partial charge in [-0.3, -0.25) is 4.98 Å². The fraction of sp³-hybridized carbons (Fsp3) is 0.615. The van der Waals surface area contributed by atoms with Gasteiger partial charge in [0.05, 0.1) is 29.5 Å². The van der Waals surface area contributed by atoms with Gasteiger partial charge in [0.25, 0.3) is 0 Å². The van der Waals surface area contributed by atoms with Crippen molar-refractivity contribution in [3.05, 3.63) is 12.4 Å². The summed E-state index contributed by atoms with van der Waals surface area (Å²) in [6, 6.07) is 0. The van der Waals surface area contributed by atoms with Crippen LogP contribution in [0.5, 0.6) is 0 Å². The largest absolute Gasteiger partial charge is 0.367 e. The average Bonchev–Trinajstić information content (AvgIpc) is 2.40. The van der Waals surface area contributed by atoms with E-state index in [2.05, 4.69) is 33.5 Å². The first-order valence-corrected chi connectivity index (χ1v) is 6.58. The van der Waals surface area contributed by atoms with Gasteiger partial charge in [-0.15, -0.1) is 0 Å². The fourth-order valence-corrected chi connectivity index (χ4v) is 2.93. The zero-order valence-corrected chi connectivity index (χ0v) is 10.7. The minimum atomic E-state index is 1.07. The molecule has 92 valence electrons. The van der Waals surface area contributed by atoms with Crippen molar-refractivity contribution in [1.29, 1.82) is 0 Å². The van der Waals surface area contributed by atoms with E-state index < -0.39 is 0 Å². The second-order valence-electron chi connectivity index (χ2n) is 4.67. The molecule has 0 fully saturated rings. The summed E-state index contributed by atoms with van der Waals surface area (Å²) in [6.07, 6.45) is 4.04. The Balaban J connectivity index is 2.11. The van der Waals surface area contributed by atoms with Crippen molar-refractivity contribution in [3.63, 3.8) is 0 Å². The van der Waals surface area contributed by atoms with E-state index in [1.54, 1.807) is 0 Å². The molecule has 17 heavy (non-hydrogen) atoms. The van der Waals surface area contributed by atoms with E-state index in [-0.39, 0.29) is 0 Å². The molecule has 0 atom stereocenters. The van der Waals surface area contributed by atoms with Gasteiger partial charge in [0, 0.05) is 39.3 Å². The Morgan fingerprint density at radius 2 is 1.47 bits per heavy atom. The van der Waals surface area contributed by atoms with Crippen LogP contribution in [0.15, 0.2) is 12.4 Å². The number of nitrogens with zero attached hydrogens (tertiary/aromatic N) is 4. The summed E-state index contributed by atoms with van der Waals surface area (Å²) < 4.78 is 0. The van der Waals surface area contributed by atoms with Crippen LogP contribution in [0.3, 0.4) is 0 Å². The van der Waals surface area contributed by atoms with Gasteiger partial charge < -0.3 is 14.7 Å². The molecule has 0 spiro atoms. The fourth-order valence-electron chi connectivity index (χ4n) is 2.93. The molecule has 0 bridgehead atoms. The van der Waals surface area contributed by atoms with Crippen molar-refractivity contribution in [2.75, 3.05) is 54.0 Å². The number of aromatic nitrogens is 1. The molecule has 1 aromatic rings. The molecule has 0 saturated carbocycles. The molecule has 0 radical (unpaired) electrons. The molecule has 1 aromatic heterocycles. The summed E-state index contributed by atoms with van der Waals surface area (Å²) >= 11 is 0. The van der Waals surface area contributed by atoms with Crippen LogP contribution in [0, 0.1) is 0 Å². The molecule has 0 aliphatic carbocycles.